The van der Waals surface area contributed by atoms with E-state index in [1.54, 1.807) is 30.3 Å². The topological polar surface area (TPSA) is 103 Å². The molecule has 4 aromatic rings. The molecule has 4 amide bonds. The van der Waals surface area contributed by atoms with Crippen LogP contribution in [0.25, 0.3) is 6.08 Å². The minimum atomic E-state index is -4.97. The van der Waals surface area contributed by atoms with Crippen molar-refractivity contribution in [2.45, 2.75) is 6.18 Å². The summed E-state index contributed by atoms with van der Waals surface area (Å²) in [6, 6.07) is 19.4. The molecule has 41 heavy (non-hydrogen) atoms. The van der Waals surface area contributed by atoms with E-state index in [0.29, 0.717) is 22.5 Å². The number of aromatic nitrogens is 2. The van der Waals surface area contributed by atoms with Gasteiger partial charge in [-0.3, -0.25) is 14.9 Å². The number of carbonyl (C=O) groups is 3. The molecular formula is C28H18ClF3N4O5. The number of urea groups is 1. The average molecular weight is 583 g/mol. The van der Waals surface area contributed by atoms with Gasteiger partial charge < -0.3 is 9.47 Å². The molecule has 0 spiro atoms. The van der Waals surface area contributed by atoms with E-state index in [2.05, 4.69) is 5.10 Å². The van der Waals surface area contributed by atoms with Crippen LogP contribution in [0.5, 0.6) is 23.1 Å². The molecule has 1 fully saturated rings. The minimum Gasteiger partial charge on any atom is -0.457 e. The monoisotopic (exact) mass is 582 g/mol. The van der Waals surface area contributed by atoms with Crippen LogP contribution in [0.4, 0.5) is 23.7 Å². The zero-order chi connectivity index (χ0) is 29.3. The van der Waals surface area contributed by atoms with E-state index >= 15 is 0 Å². The maximum absolute atomic E-state index is 13.9. The van der Waals surface area contributed by atoms with Gasteiger partial charge in [0, 0.05) is 12.1 Å². The Balaban J connectivity index is 1.52. The second kappa shape index (κ2) is 10.8. The Kier molecular flexibility index (Phi) is 7.24. The van der Waals surface area contributed by atoms with Crippen molar-refractivity contribution >= 4 is 41.2 Å². The summed E-state index contributed by atoms with van der Waals surface area (Å²) in [6.07, 6.45) is -4.28. The summed E-state index contributed by atoms with van der Waals surface area (Å²) < 4.78 is 54.0. The highest BCUT2D eigenvalue weighted by Gasteiger charge is 2.42. The molecule has 1 aliphatic rings. The van der Waals surface area contributed by atoms with Gasteiger partial charge in [0.1, 0.15) is 22.8 Å². The third-order valence-electron chi connectivity index (χ3n) is 5.77. The number of nitrogens with one attached hydrogen (secondary N) is 1. The smallest absolute Gasteiger partial charge is 0.435 e. The van der Waals surface area contributed by atoms with Gasteiger partial charge in [-0.25, -0.2) is 14.4 Å². The Bertz CT molecular complexity index is 1690. The van der Waals surface area contributed by atoms with Gasteiger partial charge in [0.05, 0.1) is 11.3 Å². The maximum atomic E-state index is 13.9. The fourth-order valence-electron chi connectivity index (χ4n) is 3.95. The van der Waals surface area contributed by atoms with Crippen molar-refractivity contribution in [1.82, 2.24) is 15.1 Å². The lowest BCUT2D eigenvalue weighted by Crippen LogP contribution is -2.54. The van der Waals surface area contributed by atoms with Gasteiger partial charge in [0.2, 0.25) is 5.88 Å². The maximum Gasteiger partial charge on any atom is 0.435 e. The first-order valence-corrected chi connectivity index (χ1v) is 12.2. The number of barbiturate groups is 1. The Morgan fingerprint density at radius 1 is 0.878 bits per heavy atom. The second-order valence-corrected chi connectivity index (χ2v) is 9.05. The number of anilines is 1. The number of para-hydroxylation sites is 1. The van der Waals surface area contributed by atoms with Crippen LogP contribution < -0.4 is 19.7 Å². The lowest BCUT2D eigenvalue weighted by atomic mass is 10.1. The molecule has 0 unspecified atom stereocenters. The second-order valence-electron chi connectivity index (χ2n) is 8.62. The number of carbonyl (C=O) groups excluding carboxylic acids is 3. The summed E-state index contributed by atoms with van der Waals surface area (Å²) in [7, 11) is 1.20. The zero-order valence-corrected chi connectivity index (χ0v) is 21.7. The van der Waals surface area contributed by atoms with Crippen LogP contribution in [0.1, 0.15) is 11.3 Å². The quantitative estimate of drug-likeness (QED) is 0.210. The third-order valence-corrected chi connectivity index (χ3v) is 6.01. The molecule has 0 bridgehead atoms. The van der Waals surface area contributed by atoms with Crippen LogP contribution >= 0.6 is 11.6 Å². The molecule has 0 radical (unpaired) electrons. The molecule has 1 saturated heterocycles. The number of amides is 4. The number of hydrogen-bond donors (Lipinski definition) is 1. The van der Waals surface area contributed by atoms with E-state index in [9.17, 15) is 27.6 Å². The largest absolute Gasteiger partial charge is 0.457 e. The van der Waals surface area contributed by atoms with Crippen molar-refractivity contribution in [3.05, 3.63) is 101 Å². The van der Waals surface area contributed by atoms with Gasteiger partial charge in [0.25, 0.3) is 11.8 Å². The number of hydrogen-bond acceptors (Lipinski definition) is 6. The minimum absolute atomic E-state index is 0.0453. The highest BCUT2D eigenvalue weighted by molar-refractivity contribution is 6.39. The first-order chi connectivity index (χ1) is 19.5. The van der Waals surface area contributed by atoms with Gasteiger partial charge in [-0.15, -0.1) is 0 Å². The Morgan fingerprint density at radius 3 is 2.20 bits per heavy atom. The van der Waals surface area contributed by atoms with E-state index in [4.69, 9.17) is 21.1 Å². The summed E-state index contributed by atoms with van der Waals surface area (Å²) in [4.78, 5) is 39.4. The van der Waals surface area contributed by atoms with E-state index in [1.807, 2.05) is 11.4 Å². The van der Waals surface area contributed by atoms with Crippen LogP contribution in [0.3, 0.4) is 0 Å². The fraction of sp³-hybridized carbons (Fsp3) is 0.0714. The van der Waals surface area contributed by atoms with Crippen molar-refractivity contribution in [1.29, 1.82) is 0 Å². The highest BCUT2D eigenvalue weighted by atomic mass is 35.5. The standard InChI is InChI=1S/C28H18ClF3N4O5/c1-35-26(41-20-9-5-6-16(29)14-20)21(23(34-35)28(30,31)32)15-22-24(37)33-27(39)36(25(22)38)17-10-12-19(13-11-17)40-18-7-3-2-4-8-18/h2-15H,1H3,(H,33,37,39)/b22-15+. The number of halogens is 4. The summed E-state index contributed by atoms with van der Waals surface area (Å²) in [6.45, 7) is 0. The van der Waals surface area contributed by atoms with Gasteiger partial charge in [-0.2, -0.15) is 18.3 Å². The SMILES string of the molecule is Cn1nc(C(F)(F)F)c(/C=C2\C(=O)NC(=O)N(c3ccc(Oc4ccccc4)cc3)C2=O)c1Oc1cccc(Cl)c1. The number of benzene rings is 3. The molecule has 13 heteroatoms. The van der Waals surface area contributed by atoms with Crippen LogP contribution in [0.2, 0.25) is 5.02 Å². The summed E-state index contributed by atoms with van der Waals surface area (Å²) in [5.74, 6) is -1.73. The summed E-state index contributed by atoms with van der Waals surface area (Å²) >= 11 is 5.96. The molecule has 5 rings (SSSR count). The van der Waals surface area contributed by atoms with Crippen LogP contribution in [0, 0.1) is 0 Å². The van der Waals surface area contributed by atoms with Crippen molar-refractivity contribution in [3.8, 4) is 23.1 Å². The van der Waals surface area contributed by atoms with E-state index in [-0.39, 0.29) is 16.5 Å². The number of ether oxygens (including phenoxy) is 2. The average Bonchev–Trinajstić information content (AvgIpc) is 3.23. The predicted molar refractivity (Wildman–Crippen MR) is 142 cm³/mol. The molecule has 0 aliphatic carbocycles. The fourth-order valence-corrected chi connectivity index (χ4v) is 4.13. The number of alkyl halides is 3. The summed E-state index contributed by atoms with van der Waals surface area (Å²) in [5, 5.41) is 5.75. The molecule has 9 nitrogen and oxygen atoms in total. The third kappa shape index (κ3) is 5.77. The first-order valence-electron chi connectivity index (χ1n) is 11.8. The van der Waals surface area contributed by atoms with Crippen molar-refractivity contribution in [3.63, 3.8) is 0 Å². The molecule has 3 aromatic carbocycles. The summed E-state index contributed by atoms with van der Waals surface area (Å²) in [5.41, 5.74) is -2.80. The normalized spacial score (nSPS) is 14.8. The molecule has 2 heterocycles. The van der Waals surface area contributed by atoms with Crippen molar-refractivity contribution in [2.24, 2.45) is 7.05 Å². The number of rotatable bonds is 6. The predicted octanol–water partition coefficient (Wildman–Crippen LogP) is 6.34. The number of imide groups is 2. The van der Waals surface area contributed by atoms with E-state index in [1.165, 1.54) is 49.5 Å². The van der Waals surface area contributed by atoms with Crippen LogP contribution in [-0.2, 0) is 22.8 Å². The molecule has 0 saturated carbocycles. The molecular weight excluding hydrogens is 565 g/mol. The molecule has 1 N–H and O–H groups in total. The van der Waals surface area contributed by atoms with Crippen molar-refractivity contribution in [2.75, 3.05) is 4.90 Å². The molecule has 208 valence electrons. The molecule has 1 aromatic heterocycles. The zero-order valence-electron chi connectivity index (χ0n) is 21.0. The van der Waals surface area contributed by atoms with Crippen LogP contribution in [0.15, 0.2) is 84.4 Å². The van der Waals surface area contributed by atoms with Gasteiger partial charge in [-0.05, 0) is 60.7 Å². The van der Waals surface area contributed by atoms with E-state index < -0.39 is 46.7 Å². The van der Waals surface area contributed by atoms with Crippen molar-refractivity contribution < 1.29 is 37.0 Å². The lowest BCUT2D eigenvalue weighted by Gasteiger charge is -2.26. The van der Waals surface area contributed by atoms with E-state index in [0.717, 1.165) is 4.68 Å². The lowest BCUT2D eigenvalue weighted by molar-refractivity contribution is -0.141. The van der Waals surface area contributed by atoms with Gasteiger partial charge in [-0.1, -0.05) is 35.9 Å². The Labute approximate surface area is 235 Å². The molecule has 1 aliphatic heterocycles. The first kappa shape index (κ1) is 27.5. The number of nitrogens with zero attached hydrogens (tertiary/aromatic N) is 3. The Morgan fingerprint density at radius 2 is 1.54 bits per heavy atom. The van der Waals surface area contributed by atoms with Gasteiger partial charge in [0.15, 0.2) is 5.69 Å². The van der Waals surface area contributed by atoms with Crippen LogP contribution in [-0.4, -0.2) is 27.6 Å². The highest BCUT2D eigenvalue weighted by Crippen LogP contribution is 2.39. The molecule has 0 atom stereocenters. The van der Waals surface area contributed by atoms with Gasteiger partial charge >= 0.3 is 12.2 Å². The Hall–Kier alpha value is -5.10. The number of aryl methyl sites for hydroxylation is 1.